The first-order chi connectivity index (χ1) is 12.5. The molecule has 146 valence electrons. The van der Waals surface area contributed by atoms with Crippen LogP contribution in [0.5, 0.6) is 0 Å². The smallest absolute Gasteiger partial charge is 0.221 e. The number of carbonyl (C=O) groups is 1. The normalized spacial score (nSPS) is 11.9. The molecule has 5 nitrogen and oxygen atoms in total. The van der Waals surface area contributed by atoms with Crippen molar-refractivity contribution in [3.63, 3.8) is 0 Å². The van der Waals surface area contributed by atoms with Crippen LogP contribution in [0.3, 0.4) is 0 Å². The van der Waals surface area contributed by atoms with Gasteiger partial charge in [-0.05, 0) is 36.1 Å². The van der Waals surface area contributed by atoms with Gasteiger partial charge in [0.2, 0.25) is 5.91 Å². The molecule has 0 aromatic heterocycles. The predicted molar refractivity (Wildman–Crippen MR) is 124 cm³/mol. The first-order valence-corrected chi connectivity index (χ1v) is 8.85. The molecule has 0 radical (unpaired) electrons. The fourth-order valence-electron chi connectivity index (χ4n) is 2.71. The third-order valence-electron chi connectivity index (χ3n) is 4.12. The molecule has 0 aliphatic rings. The van der Waals surface area contributed by atoms with E-state index in [4.69, 9.17) is 0 Å². The number of aliphatic imine (C=N–C) groups is 1. The molecule has 0 saturated heterocycles. The van der Waals surface area contributed by atoms with Crippen molar-refractivity contribution in [1.29, 1.82) is 0 Å². The molecule has 1 atom stereocenters. The van der Waals surface area contributed by atoms with Gasteiger partial charge in [0.25, 0.3) is 0 Å². The van der Waals surface area contributed by atoms with E-state index in [-0.39, 0.29) is 29.9 Å². The van der Waals surface area contributed by atoms with Gasteiger partial charge in [-0.3, -0.25) is 9.79 Å². The molecule has 6 heteroatoms. The van der Waals surface area contributed by atoms with Crippen LogP contribution in [0.2, 0.25) is 0 Å². The molecule has 0 heterocycles. The molecule has 0 bridgehead atoms. The molecule has 1 amide bonds. The molecule has 27 heavy (non-hydrogen) atoms. The van der Waals surface area contributed by atoms with Crippen molar-refractivity contribution < 1.29 is 4.79 Å². The SMILES string of the molecule is CN=C(NCc1cccc(NC(C)=O)c1)NCC(C)c1cccc(C)c1.I. The van der Waals surface area contributed by atoms with E-state index >= 15 is 0 Å². The second-order valence-electron chi connectivity index (χ2n) is 6.50. The Morgan fingerprint density at radius 1 is 1.11 bits per heavy atom. The highest BCUT2D eigenvalue weighted by Gasteiger charge is 2.07. The van der Waals surface area contributed by atoms with Gasteiger partial charge in [0.15, 0.2) is 5.96 Å². The fourth-order valence-corrected chi connectivity index (χ4v) is 2.71. The lowest BCUT2D eigenvalue weighted by Crippen LogP contribution is -2.38. The fraction of sp³-hybridized carbons (Fsp3) is 0.333. The van der Waals surface area contributed by atoms with Crippen molar-refractivity contribution in [3.8, 4) is 0 Å². The van der Waals surface area contributed by atoms with Gasteiger partial charge in [-0.1, -0.05) is 48.9 Å². The van der Waals surface area contributed by atoms with E-state index in [2.05, 4.69) is 59.1 Å². The Balaban J connectivity index is 0.00000364. The van der Waals surface area contributed by atoms with Crippen LogP contribution in [0.1, 0.15) is 36.5 Å². The summed E-state index contributed by atoms with van der Waals surface area (Å²) in [6, 6.07) is 16.4. The topological polar surface area (TPSA) is 65.5 Å². The standard InChI is InChI=1S/C21H28N4O.HI/c1-15-7-5-9-19(11-15)16(2)13-23-21(22-4)24-14-18-8-6-10-20(12-18)25-17(3)26;/h5-12,16H,13-14H2,1-4H3,(H,25,26)(H2,22,23,24);1H. The zero-order valence-corrected chi connectivity index (χ0v) is 18.7. The lowest BCUT2D eigenvalue weighted by molar-refractivity contribution is -0.114. The van der Waals surface area contributed by atoms with Crippen molar-refractivity contribution in [1.82, 2.24) is 10.6 Å². The second-order valence-corrected chi connectivity index (χ2v) is 6.50. The number of hydrogen-bond donors (Lipinski definition) is 3. The number of aryl methyl sites for hydroxylation is 1. The van der Waals surface area contributed by atoms with Crippen LogP contribution in [-0.2, 0) is 11.3 Å². The van der Waals surface area contributed by atoms with Crippen LogP contribution in [-0.4, -0.2) is 25.5 Å². The monoisotopic (exact) mass is 480 g/mol. The Bertz CT molecular complexity index is 776. The Hall–Kier alpha value is -2.09. The number of rotatable bonds is 6. The summed E-state index contributed by atoms with van der Waals surface area (Å²) in [5, 5.41) is 9.48. The Morgan fingerprint density at radius 2 is 1.85 bits per heavy atom. The number of anilines is 1. The summed E-state index contributed by atoms with van der Waals surface area (Å²) in [4.78, 5) is 15.4. The average molecular weight is 480 g/mol. The summed E-state index contributed by atoms with van der Waals surface area (Å²) in [5.41, 5.74) is 4.46. The van der Waals surface area contributed by atoms with E-state index < -0.39 is 0 Å². The second kappa shape index (κ2) is 11.6. The Kier molecular flexibility index (Phi) is 9.85. The molecule has 0 aliphatic heterocycles. The van der Waals surface area contributed by atoms with Crippen molar-refractivity contribution in [2.45, 2.75) is 33.2 Å². The van der Waals surface area contributed by atoms with Crippen LogP contribution in [0.15, 0.2) is 53.5 Å². The highest BCUT2D eigenvalue weighted by molar-refractivity contribution is 14.0. The maximum Gasteiger partial charge on any atom is 0.221 e. The Morgan fingerprint density at radius 3 is 2.52 bits per heavy atom. The van der Waals surface area contributed by atoms with Crippen molar-refractivity contribution in [3.05, 3.63) is 65.2 Å². The minimum absolute atomic E-state index is 0. The van der Waals surface area contributed by atoms with E-state index in [0.717, 1.165) is 23.8 Å². The maximum atomic E-state index is 11.2. The molecule has 1 unspecified atom stereocenters. The summed E-state index contributed by atoms with van der Waals surface area (Å²) in [6.07, 6.45) is 0. The van der Waals surface area contributed by atoms with Crippen LogP contribution in [0.4, 0.5) is 5.69 Å². The molecule has 2 aromatic rings. The highest BCUT2D eigenvalue weighted by atomic mass is 127. The maximum absolute atomic E-state index is 11.2. The highest BCUT2D eigenvalue weighted by Crippen LogP contribution is 2.15. The van der Waals surface area contributed by atoms with Crippen LogP contribution in [0.25, 0.3) is 0 Å². The first kappa shape index (κ1) is 23.0. The molecule has 0 aliphatic carbocycles. The van der Waals surface area contributed by atoms with Crippen molar-refractivity contribution in [2.24, 2.45) is 4.99 Å². The van der Waals surface area contributed by atoms with Crippen LogP contribution in [0, 0.1) is 6.92 Å². The predicted octanol–water partition coefficient (Wildman–Crippen LogP) is 4.04. The third kappa shape index (κ3) is 7.99. The third-order valence-corrected chi connectivity index (χ3v) is 4.12. The van der Waals surface area contributed by atoms with E-state index in [0.29, 0.717) is 12.5 Å². The van der Waals surface area contributed by atoms with E-state index in [9.17, 15) is 4.79 Å². The van der Waals surface area contributed by atoms with Crippen molar-refractivity contribution >= 4 is 41.5 Å². The number of carbonyl (C=O) groups excluding carboxylic acids is 1. The number of amides is 1. The van der Waals surface area contributed by atoms with Gasteiger partial charge < -0.3 is 16.0 Å². The number of hydrogen-bond acceptors (Lipinski definition) is 2. The van der Waals surface area contributed by atoms with Gasteiger partial charge in [0.1, 0.15) is 0 Å². The Labute approximate surface area is 179 Å². The van der Waals surface area contributed by atoms with E-state index in [1.165, 1.54) is 18.1 Å². The number of guanidine groups is 1. The van der Waals surface area contributed by atoms with E-state index in [1.54, 1.807) is 7.05 Å². The molecular weight excluding hydrogens is 451 g/mol. The molecule has 2 aromatic carbocycles. The molecule has 0 spiro atoms. The quantitative estimate of drug-likeness (QED) is 0.332. The van der Waals surface area contributed by atoms with Gasteiger partial charge in [-0.15, -0.1) is 24.0 Å². The lowest BCUT2D eigenvalue weighted by atomic mass is 9.99. The van der Waals surface area contributed by atoms with Gasteiger partial charge in [0.05, 0.1) is 0 Å². The number of nitrogens with one attached hydrogen (secondary N) is 3. The number of nitrogens with zero attached hydrogens (tertiary/aromatic N) is 1. The lowest BCUT2D eigenvalue weighted by Gasteiger charge is -2.17. The molecule has 3 N–H and O–H groups in total. The zero-order valence-electron chi connectivity index (χ0n) is 16.4. The van der Waals surface area contributed by atoms with Crippen LogP contribution < -0.4 is 16.0 Å². The first-order valence-electron chi connectivity index (χ1n) is 8.85. The summed E-state index contributed by atoms with van der Waals surface area (Å²) < 4.78 is 0. The molecule has 0 saturated carbocycles. The average Bonchev–Trinajstić information content (AvgIpc) is 2.61. The van der Waals surface area contributed by atoms with Gasteiger partial charge in [-0.25, -0.2) is 0 Å². The van der Waals surface area contributed by atoms with E-state index in [1.807, 2.05) is 24.3 Å². The van der Waals surface area contributed by atoms with Crippen LogP contribution >= 0.6 is 24.0 Å². The molecule has 2 rings (SSSR count). The summed E-state index contributed by atoms with van der Waals surface area (Å²) in [5.74, 6) is 1.07. The van der Waals surface area contributed by atoms with Gasteiger partial charge >= 0.3 is 0 Å². The van der Waals surface area contributed by atoms with Gasteiger partial charge in [0, 0.05) is 32.7 Å². The van der Waals surface area contributed by atoms with Crippen molar-refractivity contribution in [2.75, 3.05) is 18.9 Å². The minimum atomic E-state index is -0.0716. The summed E-state index contributed by atoms with van der Waals surface area (Å²) in [7, 11) is 1.76. The molecule has 0 fully saturated rings. The zero-order chi connectivity index (χ0) is 18.9. The summed E-state index contributed by atoms with van der Waals surface area (Å²) in [6.45, 7) is 7.25. The largest absolute Gasteiger partial charge is 0.356 e. The number of halogens is 1. The van der Waals surface area contributed by atoms with Gasteiger partial charge in [-0.2, -0.15) is 0 Å². The minimum Gasteiger partial charge on any atom is -0.356 e. The molecular formula is C21H29IN4O. The number of benzene rings is 2. The summed E-state index contributed by atoms with van der Waals surface area (Å²) >= 11 is 0.